The number of likely N-dealkylation sites (tertiary alicyclic amines) is 1. The summed E-state index contributed by atoms with van der Waals surface area (Å²) < 4.78 is 5.68. The van der Waals surface area contributed by atoms with Gasteiger partial charge in [0.25, 0.3) is 0 Å². The van der Waals surface area contributed by atoms with Crippen LogP contribution in [-0.2, 0) is 0 Å². The van der Waals surface area contributed by atoms with Crippen LogP contribution < -0.4 is 10.1 Å². The molecular weight excluding hydrogens is 264 g/mol. The number of ether oxygens (including phenoxy) is 1. The van der Waals surface area contributed by atoms with E-state index in [0.717, 1.165) is 25.3 Å². The van der Waals surface area contributed by atoms with E-state index < -0.39 is 6.10 Å². The maximum Gasteiger partial charge on any atom is 0.119 e. The molecule has 1 aromatic rings. The summed E-state index contributed by atoms with van der Waals surface area (Å²) in [5.74, 6) is 0.824. The third kappa shape index (κ3) is 4.76. The molecule has 1 heterocycles. The van der Waals surface area contributed by atoms with E-state index >= 15 is 0 Å². The number of aliphatic hydroxyl groups excluding tert-OH is 1. The molecule has 116 valence electrons. The molecule has 1 aromatic carbocycles. The van der Waals surface area contributed by atoms with Crippen LogP contribution in [0.1, 0.15) is 17.5 Å². The molecule has 2 N–H and O–H groups in total. The molecule has 0 amide bonds. The highest BCUT2D eigenvalue weighted by Crippen LogP contribution is 2.17. The molecule has 1 saturated heterocycles. The lowest BCUT2D eigenvalue weighted by molar-refractivity contribution is 0.0752. The van der Waals surface area contributed by atoms with Gasteiger partial charge in [-0.3, -0.25) is 4.90 Å². The van der Waals surface area contributed by atoms with Crippen molar-refractivity contribution >= 4 is 0 Å². The Hall–Kier alpha value is -1.52. The highest BCUT2D eigenvalue weighted by atomic mass is 16.5. The zero-order valence-corrected chi connectivity index (χ0v) is 13.0. The number of nitrogens with one attached hydrogen (secondary N) is 1. The fourth-order valence-corrected chi connectivity index (χ4v) is 2.65. The summed E-state index contributed by atoms with van der Waals surface area (Å²) in [6.45, 7) is 10.8. The van der Waals surface area contributed by atoms with E-state index in [-0.39, 0.29) is 0 Å². The van der Waals surface area contributed by atoms with Gasteiger partial charge in [0.15, 0.2) is 0 Å². The van der Waals surface area contributed by atoms with Crippen molar-refractivity contribution in [3.05, 3.63) is 42.1 Å². The molecule has 1 unspecified atom stereocenters. The Morgan fingerprint density at radius 3 is 3.00 bits per heavy atom. The second-order valence-corrected chi connectivity index (χ2v) is 5.83. The molecule has 2 atom stereocenters. The molecule has 2 rings (SSSR count). The van der Waals surface area contributed by atoms with Gasteiger partial charge in [0.1, 0.15) is 18.5 Å². The highest BCUT2D eigenvalue weighted by Gasteiger charge is 2.23. The summed E-state index contributed by atoms with van der Waals surface area (Å²) in [5.41, 5.74) is 2.46. The predicted octanol–water partition coefficient (Wildman–Crippen LogP) is 1.85. The maximum absolute atomic E-state index is 10.1. The van der Waals surface area contributed by atoms with Gasteiger partial charge in [0.05, 0.1) is 0 Å². The highest BCUT2D eigenvalue weighted by molar-refractivity contribution is 5.33. The molecule has 0 aromatic heterocycles. The minimum absolute atomic E-state index is 0.332. The average Bonchev–Trinajstić information content (AvgIpc) is 2.88. The third-order valence-electron chi connectivity index (χ3n) is 4.02. The van der Waals surface area contributed by atoms with Crippen molar-refractivity contribution in [2.45, 2.75) is 32.4 Å². The Bertz CT molecular complexity index is 476. The number of benzene rings is 1. The van der Waals surface area contributed by atoms with E-state index in [0.29, 0.717) is 19.2 Å². The molecule has 1 fully saturated rings. The summed E-state index contributed by atoms with van der Waals surface area (Å²) >= 11 is 0. The summed E-state index contributed by atoms with van der Waals surface area (Å²) in [5, 5.41) is 13.3. The number of rotatable bonds is 7. The van der Waals surface area contributed by atoms with Crippen molar-refractivity contribution in [1.82, 2.24) is 10.2 Å². The first-order valence-electron chi connectivity index (χ1n) is 7.56. The fourth-order valence-electron chi connectivity index (χ4n) is 2.65. The monoisotopic (exact) mass is 290 g/mol. The molecule has 0 bridgehead atoms. The fraction of sp³-hybridized carbons (Fsp3) is 0.529. The third-order valence-corrected chi connectivity index (χ3v) is 4.02. The van der Waals surface area contributed by atoms with Crippen molar-refractivity contribution in [3.63, 3.8) is 0 Å². The Balaban J connectivity index is 1.73. The molecule has 0 spiro atoms. The summed E-state index contributed by atoms with van der Waals surface area (Å²) in [6.07, 6.45) is 2.37. The molecule has 4 nitrogen and oxygen atoms in total. The molecule has 1 aliphatic heterocycles. The number of β-amino-alcohol motifs (C(OH)–C–C–N with tert-alkyl or cyclic N) is 1. The summed E-state index contributed by atoms with van der Waals surface area (Å²) in [6, 6.07) is 6.47. The van der Waals surface area contributed by atoms with Gasteiger partial charge in [0, 0.05) is 25.7 Å². The smallest absolute Gasteiger partial charge is 0.119 e. The number of hydrogen-bond acceptors (Lipinski definition) is 4. The molecule has 0 aliphatic carbocycles. The normalized spacial score (nSPS) is 20.2. The van der Waals surface area contributed by atoms with Crippen LogP contribution >= 0.6 is 0 Å². The number of aryl methyl sites for hydroxylation is 2. The number of aliphatic hydroxyl groups is 1. The topological polar surface area (TPSA) is 44.7 Å². The zero-order valence-electron chi connectivity index (χ0n) is 13.0. The van der Waals surface area contributed by atoms with Crippen molar-refractivity contribution in [3.8, 4) is 5.75 Å². The van der Waals surface area contributed by atoms with Crippen molar-refractivity contribution < 1.29 is 9.84 Å². The van der Waals surface area contributed by atoms with Gasteiger partial charge in [0.2, 0.25) is 0 Å². The average molecular weight is 290 g/mol. The van der Waals surface area contributed by atoms with E-state index in [1.54, 1.807) is 6.20 Å². The van der Waals surface area contributed by atoms with Crippen molar-refractivity contribution in [2.24, 2.45) is 0 Å². The first-order chi connectivity index (χ1) is 10.1. The molecule has 4 heteroatoms. The van der Waals surface area contributed by atoms with Crippen LogP contribution in [0.25, 0.3) is 0 Å². The molecule has 1 aliphatic rings. The van der Waals surface area contributed by atoms with E-state index in [2.05, 4.69) is 30.6 Å². The Morgan fingerprint density at radius 1 is 1.48 bits per heavy atom. The lowest BCUT2D eigenvalue weighted by Crippen LogP contribution is -2.36. The van der Waals surface area contributed by atoms with Gasteiger partial charge in [-0.15, -0.1) is 0 Å². The van der Waals surface area contributed by atoms with Gasteiger partial charge in [-0.25, -0.2) is 0 Å². The lowest BCUT2D eigenvalue weighted by atomic mass is 10.1. The van der Waals surface area contributed by atoms with Crippen molar-refractivity contribution in [2.75, 3.05) is 26.2 Å². The van der Waals surface area contributed by atoms with Gasteiger partial charge in [-0.2, -0.15) is 0 Å². The first-order valence-corrected chi connectivity index (χ1v) is 7.56. The van der Waals surface area contributed by atoms with Gasteiger partial charge < -0.3 is 15.2 Å². The molecule has 21 heavy (non-hydrogen) atoms. The molecule has 0 saturated carbocycles. The predicted molar refractivity (Wildman–Crippen MR) is 85.6 cm³/mol. The van der Waals surface area contributed by atoms with Crippen LogP contribution in [0.2, 0.25) is 0 Å². The zero-order chi connectivity index (χ0) is 15.2. The lowest BCUT2D eigenvalue weighted by Gasteiger charge is -2.20. The number of nitrogens with zero attached hydrogens (tertiary/aromatic N) is 1. The quantitative estimate of drug-likeness (QED) is 0.804. The maximum atomic E-state index is 10.1. The Kier molecular flexibility index (Phi) is 5.65. The van der Waals surface area contributed by atoms with Crippen molar-refractivity contribution in [1.29, 1.82) is 0 Å². The van der Waals surface area contributed by atoms with Crippen LogP contribution in [0.15, 0.2) is 31.0 Å². The van der Waals surface area contributed by atoms with Crippen LogP contribution in [0, 0.1) is 13.8 Å². The summed E-state index contributed by atoms with van der Waals surface area (Å²) in [7, 11) is 0. The SMILES string of the molecule is C=CN[C@@H]1CCN(CC(O)COc2ccc(C)c(C)c2)C1. The van der Waals surface area contributed by atoms with E-state index in [1.807, 2.05) is 18.2 Å². The minimum atomic E-state index is -0.464. The molecule has 0 radical (unpaired) electrons. The second-order valence-electron chi connectivity index (χ2n) is 5.83. The van der Waals surface area contributed by atoms with Crippen LogP contribution in [0.3, 0.4) is 0 Å². The van der Waals surface area contributed by atoms with Gasteiger partial charge in [-0.1, -0.05) is 12.6 Å². The van der Waals surface area contributed by atoms with E-state index in [1.165, 1.54) is 11.1 Å². The first kappa shape index (κ1) is 15.9. The number of hydrogen-bond donors (Lipinski definition) is 2. The van der Waals surface area contributed by atoms with E-state index in [9.17, 15) is 5.11 Å². The summed E-state index contributed by atoms with van der Waals surface area (Å²) in [4.78, 5) is 2.26. The van der Waals surface area contributed by atoms with Crippen LogP contribution in [0.4, 0.5) is 0 Å². The van der Waals surface area contributed by atoms with Gasteiger partial charge >= 0.3 is 0 Å². The second kappa shape index (κ2) is 7.48. The Morgan fingerprint density at radius 2 is 2.29 bits per heavy atom. The Labute approximate surface area is 127 Å². The minimum Gasteiger partial charge on any atom is -0.491 e. The largest absolute Gasteiger partial charge is 0.491 e. The van der Waals surface area contributed by atoms with E-state index in [4.69, 9.17) is 4.74 Å². The standard InChI is InChI=1S/C17H26N2O2/c1-4-18-15-7-8-19(10-15)11-16(20)12-21-17-6-5-13(2)14(3)9-17/h4-6,9,15-16,18,20H,1,7-8,10-12H2,2-3H3/t15-,16?/m1/s1. The van der Waals surface area contributed by atoms with Crippen LogP contribution in [-0.4, -0.2) is 48.4 Å². The van der Waals surface area contributed by atoms with Crippen LogP contribution in [0.5, 0.6) is 5.75 Å². The van der Waals surface area contributed by atoms with Gasteiger partial charge in [-0.05, 0) is 49.7 Å². The molecular formula is C17H26N2O2.